The molecule has 4 aliphatic rings. The van der Waals surface area contributed by atoms with E-state index >= 15 is 0 Å². The van der Waals surface area contributed by atoms with Crippen molar-refractivity contribution >= 4 is 38.6 Å². The van der Waals surface area contributed by atoms with E-state index in [1.165, 1.54) is 11.3 Å². The van der Waals surface area contributed by atoms with E-state index in [1.807, 2.05) is 18.2 Å². The first-order chi connectivity index (χ1) is 16.1. The predicted octanol–water partition coefficient (Wildman–Crippen LogP) is 6.95. The Hall–Kier alpha value is -3.06. The van der Waals surface area contributed by atoms with Gasteiger partial charge in [-0.2, -0.15) is 0 Å². The topological polar surface area (TPSA) is 88.8 Å². The summed E-state index contributed by atoms with van der Waals surface area (Å²) < 4.78 is 6.88. The maximum Gasteiger partial charge on any atom is 0.279 e. The van der Waals surface area contributed by atoms with E-state index in [0.29, 0.717) is 39.8 Å². The van der Waals surface area contributed by atoms with Gasteiger partial charge in [0.1, 0.15) is 17.2 Å². The third kappa shape index (κ3) is 3.21. The molecule has 0 amide bonds. The monoisotopic (exact) mass is 460 g/mol. The van der Waals surface area contributed by atoms with Crippen molar-refractivity contribution < 1.29 is 14.6 Å². The molecule has 168 valence electrons. The van der Waals surface area contributed by atoms with Crippen LogP contribution in [0.2, 0.25) is 0 Å². The highest BCUT2D eigenvalue weighted by Crippen LogP contribution is 2.57. The zero-order chi connectivity index (χ0) is 22.7. The van der Waals surface area contributed by atoms with Gasteiger partial charge in [0.2, 0.25) is 0 Å². The number of carbonyl (C=O) groups is 1. The molecule has 2 unspecified atom stereocenters. The molecule has 0 saturated heterocycles. The van der Waals surface area contributed by atoms with Crippen LogP contribution in [-0.4, -0.2) is 15.9 Å². The summed E-state index contributed by atoms with van der Waals surface area (Å²) in [5.41, 5.74) is 3.38. The van der Waals surface area contributed by atoms with E-state index < -0.39 is 0 Å². The second-order valence-electron chi connectivity index (χ2n) is 9.35. The van der Waals surface area contributed by atoms with E-state index in [-0.39, 0.29) is 17.6 Å². The lowest BCUT2D eigenvalue weighted by atomic mass is 9.59. The first-order valence-corrected chi connectivity index (χ1v) is 12.4. The number of ether oxygens (including phenoxy) is 1. The minimum Gasteiger partial charge on any atom is -0.511 e. The molecular weight excluding hydrogens is 436 g/mol. The van der Waals surface area contributed by atoms with Gasteiger partial charge < -0.3 is 9.84 Å². The summed E-state index contributed by atoms with van der Waals surface area (Å²) in [5, 5.41) is 14.7. The van der Waals surface area contributed by atoms with E-state index in [2.05, 4.69) is 17.1 Å². The molecule has 1 aromatic heterocycles. The Balaban J connectivity index is 1.37. The lowest BCUT2D eigenvalue weighted by Crippen LogP contribution is -2.41. The Morgan fingerprint density at radius 1 is 1.09 bits per heavy atom. The maximum atomic E-state index is 13.6. The summed E-state index contributed by atoms with van der Waals surface area (Å²) >= 11 is 1.34. The molecule has 33 heavy (non-hydrogen) atoms. The number of ketones is 1. The third-order valence-electron chi connectivity index (χ3n) is 7.73. The maximum absolute atomic E-state index is 13.6. The number of thiazole rings is 1. The number of nitroso groups, excluding NO2 is 1. The van der Waals surface area contributed by atoms with Gasteiger partial charge in [0.05, 0.1) is 15.8 Å². The Bertz CT molecular complexity index is 1320. The number of Topliss-reactive ketones (excluding diaryl/α,β-unsaturated/α-hetero) is 1. The zero-order valence-corrected chi connectivity index (χ0v) is 19.1. The van der Waals surface area contributed by atoms with Gasteiger partial charge in [0.15, 0.2) is 5.78 Å². The van der Waals surface area contributed by atoms with E-state index in [1.54, 1.807) is 18.2 Å². The number of rotatable bonds is 5. The Morgan fingerprint density at radius 3 is 2.55 bits per heavy atom. The fourth-order valence-corrected chi connectivity index (χ4v) is 7.07. The van der Waals surface area contributed by atoms with E-state index in [0.717, 1.165) is 53.4 Å². The molecule has 2 bridgehead atoms. The van der Waals surface area contributed by atoms with Gasteiger partial charge >= 0.3 is 0 Å². The van der Waals surface area contributed by atoms with Crippen molar-refractivity contribution in [1.29, 1.82) is 0 Å². The standard InChI is InChI=1S/C26H24N2O4S/c1-2-13-7-9-17(32-26-27-19-10-8-16(28-31)11-20(19)33-26)12-18(13)23-24(29)21-14-3-4-15(6-5-14)22(21)25(23)30/h7-12,14-15,21-22,29H,2-6H2,1H3/t14-,15+,21?,22?. The lowest BCUT2D eigenvalue weighted by Gasteiger charge is -2.44. The molecule has 1 N–H and O–H groups in total. The molecule has 6 nitrogen and oxygen atoms in total. The van der Waals surface area contributed by atoms with Crippen molar-refractivity contribution in [3.8, 4) is 10.9 Å². The number of nitrogens with zero attached hydrogens (tertiary/aromatic N) is 2. The highest BCUT2D eigenvalue weighted by molar-refractivity contribution is 7.20. The molecule has 4 aliphatic carbocycles. The van der Waals surface area contributed by atoms with Crippen LogP contribution in [0.25, 0.3) is 15.8 Å². The Kier molecular flexibility index (Phi) is 4.83. The van der Waals surface area contributed by atoms with Crippen LogP contribution in [-0.2, 0) is 11.2 Å². The molecular formula is C26H24N2O4S. The van der Waals surface area contributed by atoms with Gasteiger partial charge in [-0.25, -0.2) is 4.98 Å². The number of hydrogen-bond donors (Lipinski definition) is 1. The number of aryl methyl sites for hydroxylation is 1. The van der Waals surface area contributed by atoms with Crippen LogP contribution in [0.15, 0.2) is 47.3 Å². The van der Waals surface area contributed by atoms with Crippen molar-refractivity contribution in [2.45, 2.75) is 39.0 Å². The predicted molar refractivity (Wildman–Crippen MR) is 128 cm³/mol. The van der Waals surface area contributed by atoms with Crippen LogP contribution in [0.1, 0.15) is 43.7 Å². The fourth-order valence-electron chi connectivity index (χ4n) is 6.20. The first-order valence-electron chi connectivity index (χ1n) is 11.6. The van der Waals surface area contributed by atoms with Gasteiger partial charge in [-0.15, -0.1) is 4.91 Å². The number of benzene rings is 2. The van der Waals surface area contributed by atoms with Gasteiger partial charge in [-0.3, -0.25) is 4.79 Å². The average molecular weight is 461 g/mol. The minimum absolute atomic E-state index is 0.0147. The molecule has 7 heteroatoms. The Labute approximate surface area is 195 Å². The lowest BCUT2D eigenvalue weighted by molar-refractivity contribution is -0.123. The fraction of sp³-hybridized carbons (Fsp3) is 0.385. The van der Waals surface area contributed by atoms with Crippen molar-refractivity contribution in [2.24, 2.45) is 28.8 Å². The highest BCUT2D eigenvalue weighted by atomic mass is 32.1. The molecule has 3 fully saturated rings. The summed E-state index contributed by atoms with van der Waals surface area (Å²) in [5.74, 6) is 1.70. The first kappa shape index (κ1) is 20.5. The number of fused-ring (bicyclic) bond motifs is 3. The van der Waals surface area contributed by atoms with Gasteiger partial charge in [-0.05, 0) is 90.6 Å². The molecule has 1 heterocycles. The minimum atomic E-state index is -0.0633. The van der Waals surface area contributed by atoms with Crippen LogP contribution in [0.3, 0.4) is 0 Å². The molecule has 3 saturated carbocycles. The van der Waals surface area contributed by atoms with Gasteiger partial charge in [0.25, 0.3) is 5.19 Å². The average Bonchev–Trinajstić information content (AvgIpc) is 3.37. The number of aliphatic hydroxyl groups excluding tert-OH is 1. The normalized spacial score (nSPS) is 26.2. The highest BCUT2D eigenvalue weighted by Gasteiger charge is 2.54. The number of allylic oxidation sites excluding steroid dienone is 2. The largest absolute Gasteiger partial charge is 0.511 e. The second kappa shape index (κ2) is 7.76. The number of aromatic nitrogens is 1. The molecule has 0 aliphatic heterocycles. The summed E-state index contributed by atoms with van der Waals surface area (Å²) in [6.07, 6.45) is 5.17. The summed E-state index contributed by atoms with van der Waals surface area (Å²) in [6, 6.07) is 10.8. The van der Waals surface area contributed by atoms with Crippen molar-refractivity contribution in [1.82, 2.24) is 4.98 Å². The van der Waals surface area contributed by atoms with Crippen molar-refractivity contribution in [2.75, 3.05) is 0 Å². The van der Waals surface area contributed by atoms with E-state index in [9.17, 15) is 14.8 Å². The SMILES string of the molecule is CCc1ccc(Oc2nc3ccc(N=O)cc3s2)cc1C1=C(O)C2C(C1=O)[C@H]1CC[C@@H]2CC1. The molecule has 2 aromatic carbocycles. The Morgan fingerprint density at radius 2 is 1.85 bits per heavy atom. The van der Waals surface area contributed by atoms with Crippen LogP contribution in [0, 0.1) is 28.6 Å². The number of carbonyl (C=O) groups excluding carboxylic acids is 1. The third-order valence-corrected chi connectivity index (χ3v) is 8.63. The van der Waals surface area contributed by atoms with Crippen LogP contribution in [0.4, 0.5) is 5.69 Å². The van der Waals surface area contributed by atoms with Crippen LogP contribution >= 0.6 is 11.3 Å². The quantitative estimate of drug-likeness (QED) is 0.416. The molecule has 2 atom stereocenters. The van der Waals surface area contributed by atoms with Gasteiger partial charge in [-0.1, -0.05) is 24.3 Å². The number of aliphatic hydroxyl groups is 1. The summed E-state index contributed by atoms with van der Waals surface area (Å²) in [4.78, 5) is 28.9. The number of hydrogen-bond acceptors (Lipinski definition) is 7. The molecule has 0 spiro atoms. The van der Waals surface area contributed by atoms with Gasteiger partial charge in [0, 0.05) is 11.8 Å². The molecule has 0 radical (unpaired) electrons. The molecule has 7 rings (SSSR count). The summed E-state index contributed by atoms with van der Waals surface area (Å²) in [7, 11) is 0. The van der Waals surface area contributed by atoms with Crippen LogP contribution in [0.5, 0.6) is 10.9 Å². The summed E-state index contributed by atoms with van der Waals surface area (Å²) in [6.45, 7) is 2.05. The molecule has 3 aromatic rings. The smallest absolute Gasteiger partial charge is 0.279 e. The van der Waals surface area contributed by atoms with Crippen molar-refractivity contribution in [3.05, 3.63) is 58.2 Å². The van der Waals surface area contributed by atoms with Crippen molar-refractivity contribution in [3.63, 3.8) is 0 Å². The van der Waals surface area contributed by atoms with E-state index in [4.69, 9.17) is 4.74 Å². The zero-order valence-electron chi connectivity index (χ0n) is 18.3. The van der Waals surface area contributed by atoms with Crippen LogP contribution < -0.4 is 4.74 Å². The second-order valence-corrected chi connectivity index (χ2v) is 10.3.